The van der Waals surface area contributed by atoms with Crippen LogP contribution in [-0.2, 0) is 11.2 Å². The van der Waals surface area contributed by atoms with Gasteiger partial charge in [-0.15, -0.1) is 0 Å². The van der Waals surface area contributed by atoms with Crippen LogP contribution in [-0.4, -0.2) is 16.9 Å². The van der Waals surface area contributed by atoms with Gasteiger partial charge in [0.2, 0.25) is 11.9 Å². The zero-order valence-corrected chi connectivity index (χ0v) is 10.1. The van der Waals surface area contributed by atoms with Crippen molar-refractivity contribution in [3.8, 4) is 0 Å². The predicted octanol–water partition coefficient (Wildman–Crippen LogP) is 2.20. The standard InChI is InChI=1S/C14H12FN3O/c15-12-6-3-7-13(17-12)18-14(19)11-8-9-4-1-2-5-10(9)16-11/h1-7,11,16H,8H2,(H,17,18,19). The maximum absolute atomic E-state index is 12.9. The van der Waals surface area contributed by atoms with Gasteiger partial charge in [-0.25, -0.2) is 4.98 Å². The summed E-state index contributed by atoms with van der Waals surface area (Å²) in [5, 5.41) is 5.74. The number of amides is 1. The number of pyridine rings is 1. The summed E-state index contributed by atoms with van der Waals surface area (Å²) >= 11 is 0. The van der Waals surface area contributed by atoms with Crippen LogP contribution in [0.5, 0.6) is 0 Å². The van der Waals surface area contributed by atoms with Gasteiger partial charge in [0.05, 0.1) is 0 Å². The molecule has 19 heavy (non-hydrogen) atoms. The summed E-state index contributed by atoms with van der Waals surface area (Å²) in [6, 6.07) is 11.7. The van der Waals surface area contributed by atoms with Crippen LogP contribution in [0.25, 0.3) is 0 Å². The van der Waals surface area contributed by atoms with Crippen molar-refractivity contribution < 1.29 is 9.18 Å². The lowest BCUT2D eigenvalue weighted by Crippen LogP contribution is -2.33. The Bertz CT molecular complexity index is 605. The number of carbonyl (C=O) groups is 1. The molecule has 0 spiro atoms. The number of benzene rings is 1. The highest BCUT2D eigenvalue weighted by atomic mass is 19.1. The van der Waals surface area contributed by atoms with E-state index in [-0.39, 0.29) is 17.8 Å². The second-order valence-corrected chi connectivity index (χ2v) is 4.39. The highest BCUT2D eigenvalue weighted by molar-refractivity contribution is 5.97. The average molecular weight is 257 g/mol. The van der Waals surface area contributed by atoms with Crippen LogP contribution >= 0.6 is 0 Å². The normalized spacial score (nSPS) is 16.6. The van der Waals surface area contributed by atoms with Crippen molar-refractivity contribution in [3.05, 3.63) is 54.0 Å². The molecular formula is C14H12FN3O. The van der Waals surface area contributed by atoms with Gasteiger partial charge in [-0.3, -0.25) is 4.79 Å². The molecular weight excluding hydrogens is 245 g/mol. The lowest BCUT2D eigenvalue weighted by Gasteiger charge is -2.11. The molecule has 0 saturated heterocycles. The van der Waals surface area contributed by atoms with Gasteiger partial charge >= 0.3 is 0 Å². The summed E-state index contributed by atoms with van der Waals surface area (Å²) in [5.74, 6) is -0.600. The van der Waals surface area contributed by atoms with E-state index in [1.807, 2.05) is 24.3 Å². The highest BCUT2D eigenvalue weighted by Crippen LogP contribution is 2.25. The maximum Gasteiger partial charge on any atom is 0.248 e. The number of hydrogen-bond donors (Lipinski definition) is 2. The second-order valence-electron chi connectivity index (χ2n) is 4.39. The molecule has 2 aromatic rings. The Balaban J connectivity index is 1.70. The van der Waals surface area contributed by atoms with Crippen molar-refractivity contribution in [2.24, 2.45) is 0 Å². The quantitative estimate of drug-likeness (QED) is 0.811. The van der Waals surface area contributed by atoms with Crippen molar-refractivity contribution in [1.29, 1.82) is 0 Å². The first-order valence-corrected chi connectivity index (χ1v) is 6.00. The van der Waals surface area contributed by atoms with Crippen LogP contribution in [0.15, 0.2) is 42.5 Å². The van der Waals surface area contributed by atoms with Crippen LogP contribution in [0.2, 0.25) is 0 Å². The summed E-state index contributed by atoms with van der Waals surface area (Å²) < 4.78 is 12.9. The second kappa shape index (κ2) is 4.68. The molecule has 0 fully saturated rings. The third kappa shape index (κ3) is 2.40. The Labute approximate surface area is 109 Å². The number of anilines is 2. The van der Waals surface area contributed by atoms with E-state index in [2.05, 4.69) is 15.6 Å². The van der Waals surface area contributed by atoms with E-state index in [1.54, 1.807) is 6.07 Å². The molecule has 0 radical (unpaired) electrons. The van der Waals surface area contributed by atoms with Gasteiger partial charge in [-0.2, -0.15) is 4.39 Å². The van der Waals surface area contributed by atoms with Gasteiger partial charge in [0.1, 0.15) is 11.9 Å². The number of nitrogens with one attached hydrogen (secondary N) is 2. The molecule has 4 nitrogen and oxygen atoms in total. The van der Waals surface area contributed by atoms with E-state index in [0.717, 1.165) is 11.3 Å². The Morgan fingerprint density at radius 2 is 2.11 bits per heavy atom. The molecule has 1 aromatic heterocycles. The first-order valence-electron chi connectivity index (χ1n) is 6.00. The largest absolute Gasteiger partial charge is 0.373 e. The molecule has 0 aliphatic carbocycles. The van der Waals surface area contributed by atoms with Crippen LogP contribution in [0.1, 0.15) is 5.56 Å². The van der Waals surface area contributed by atoms with Gasteiger partial charge < -0.3 is 10.6 Å². The lowest BCUT2D eigenvalue weighted by molar-refractivity contribution is -0.116. The Morgan fingerprint density at radius 3 is 2.89 bits per heavy atom. The maximum atomic E-state index is 12.9. The number of halogens is 1. The summed E-state index contributed by atoms with van der Waals surface area (Å²) in [6.45, 7) is 0. The fourth-order valence-electron chi connectivity index (χ4n) is 2.15. The molecule has 0 bridgehead atoms. The minimum atomic E-state index is -0.611. The molecule has 2 N–H and O–H groups in total. The number of para-hydroxylation sites is 1. The van der Waals surface area contributed by atoms with E-state index in [9.17, 15) is 9.18 Å². The summed E-state index contributed by atoms with van der Waals surface area (Å²) in [7, 11) is 0. The topological polar surface area (TPSA) is 54.0 Å². The van der Waals surface area contributed by atoms with Gasteiger partial charge in [-0.1, -0.05) is 24.3 Å². The Kier molecular flexibility index (Phi) is 2.87. The van der Waals surface area contributed by atoms with Gasteiger partial charge in [0.25, 0.3) is 0 Å². The van der Waals surface area contributed by atoms with Crippen LogP contribution in [0.4, 0.5) is 15.9 Å². The number of carbonyl (C=O) groups excluding carboxylic acids is 1. The molecule has 2 heterocycles. The number of hydrogen-bond acceptors (Lipinski definition) is 3. The van der Waals surface area contributed by atoms with E-state index in [0.29, 0.717) is 6.42 Å². The molecule has 1 amide bonds. The van der Waals surface area contributed by atoms with Crippen molar-refractivity contribution in [2.45, 2.75) is 12.5 Å². The molecule has 1 aliphatic rings. The fraction of sp³-hybridized carbons (Fsp3) is 0.143. The van der Waals surface area contributed by atoms with Gasteiger partial charge in [-0.05, 0) is 23.8 Å². The SMILES string of the molecule is O=C(Nc1cccc(F)n1)C1Cc2ccccc2N1. The minimum Gasteiger partial charge on any atom is -0.373 e. The van der Waals surface area contributed by atoms with Crippen LogP contribution in [0, 0.1) is 5.95 Å². The molecule has 1 unspecified atom stereocenters. The molecule has 1 aromatic carbocycles. The highest BCUT2D eigenvalue weighted by Gasteiger charge is 2.26. The first-order chi connectivity index (χ1) is 9.22. The Hall–Kier alpha value is -2.43. The smallest absolute Gasteiger partial charge is 0.248 e. The summed E-state index contributed by atoms with van der Waals surface area (Å²) in [4.78, 5) is 15.7. The molecule has 1 aliphatic heterocycles. The number of nitrogens with zero attached hydrogens (tertiary/aromatic N) is 1. The number of aromatic nitrogens is 1. The average Bonchev–Trinajstić information content (AvgIpc) is 2.82. The van der Waals surface area contributed by atoms with Crippen LogP contribution in [0.3, 0.4) is 0 Å². The first kappa shape index (κ1) is 11.6. The third-order valence-corrected chi connectivity index (χ3v) is 3.05. The van der Waals surface area contributed by atoms with Crippen molar-refractivity contribution in [3.63, 3.8) is 0 Å². The lowest BCUT2D eigenvalue weighted by atomic mass is 10.1. The zero-order chi connectivity index (χ0) is 13.2. The number of fused-ring (bicyclic) bond motifs is 1. The predicted molar refractivity (Wildman–Crippen MR) is 70.4 cm³/mol. The van der Waals surface area contributed by atoms with Gasteiger partial charge in [0.15, 0.2) is 0 Å². The van der Waals surface area contributed by atoms with E-state index in [1.165, 1.54) is 12.1 Å². The van der Waals surface area contributed by atoms with Crippen LogP contribution < -0.4 is 10.6 Å². The van der Waals surface area contributed by atoms with E-state index in [4.69, 9.17) is 0 Å². The Morgan fingerprint density at radius 1 is 1.26 bits per heavy atom. The van der Waals surface area contributed by atoms with E-state index < -0.39 is 5.95 Å². The minimum absolute atomic E-state index is 0.214. The molecule has 5 heteroatoms. The monoisotopic (exact) mass is 257 g/mol. The fourth-order valence-corrected chi connectivity index (χ4v) is 2.15. The van der Waals surface area contributed by atoms with Crippen molar-refractivity contribution in [1.82, 2.24) is 4.98 Å². The molecule has 0 saturated carbocycles. The zero-order valence-electron chi connectivity index (χ0n) is 10.1. The summed E-state index contributed by atoms with van der Waals surface area (Å²) in [5.41, 5.74) is 2.07. The van der Waals surface area contributed by atoms with E-state index >= 15 is 0 Å². The molecule has 1 atom stereocenters. The molecule has 3 rings (SSSR count). The third-order valence-electron chi connectivity index (χ3n) is 3.05. The van der Waals surface area contributed by atoms with Gasteiger partial charge in [0, 0.05) is 12.1 Å². The summed E-state index contributed by atoms with van der Waals surface area (Å²) in [6.07, 6.45) is 0.622. The van der Waals surface area contributed by atoms with Crippen molar-refractivity contribution in [2.75, 3.05) is 10.6 Å². The van der Waals surface area contributed by atoms with Crippen molar-refractivity contribution >= 4 is 17.4 Å². The molecule has 96 valence electrons. The number of rotatable bonds is 2.